The Morgan fingerprint density at radius 1 is 1.24 bits per heavy atom. The van der Waals surface area contributed by atoms with Crippen LogP contribution in [0.15, 0.2) is 41.9 Å². The van der Waals surface area contributed by atoms with Crippen LogP contribution in [0.25, 0.3) is 10.9 Å². The molecule has 2 aromatic heterocycles. The summed E-state index contributed by atoms with van der Waals surface area (Å²) in [5.74, 6) is -0.636. The number of amides is 4. The van der Waals surface area contributed by atoms with Crippen molar-refractivity contribution >= 4 is 40.1 Å². The number of urea groups is 1. The molecule has 7 nitrogen and oxygen atoms in total. The maximum atomic E-state index is 12.8. The first-order chi connectivity index (χ1) is 13.9. The molecule has 0 spiro atoms. The summed E-state index contributed by atoms with van der Waals surface area (Å²) < 4.78 is 0. The lowest BCUT2D eigenvalue weighted by molar-refractivity contribution is -0.136. The number of thiophene rings is 1. The molecule has 1 unspecified atom stereocenters. The molecule has 1 fully saturated rings. The highest BCUT2D eigenvalue weighted by molar-refractivity contribution is 7.10. The minimum absolute atomic E-state index is 0.254. The third-order valence-electron chi connectivity index (χ3n) is 5.27. The van der Waals surface area contributed by atoms with Crippen LogP contribution in [0.1, 0.15) is 16.0 Å². The molecule has 4 amide bonds. The molecule has 3 aromatic rings. The number of fused-ring (bicyclic) bond motifs is 1. The normalized spacial score (nSPS) is 16.5. The van der Waals surface area contributed by atoms with E-state index < -0.39 is 12.1 Å². The van der Waals surface area contributed by atoms with Gasteiger partial charge in [0.15, 0.2) is 0 Å². The number of aromatic nitrogens is 1. The summed E-state index contributed by atoms with van der Waals surface area (Å²) in [6.45, 7) is 2.21. The van der Waals surface area contributed by atoms with Gasteiger partial charge in [-0.15, -0.1) is 11.3 Å². The molecule has 0 aliphatic carbocycles. The van der Waals surface area contributed by atoms with Gasteiger partial charge in [0, 0.05) is 35.4 Å². The van der Waals surface area contributed by atoms with Crippen LogP contribution in [0.5, 0.6) is 0 Å². The first-order valence-electron chi connectivity index (χ1n) is 9.38. The third kappa shape index (κ3) is 3.75. The van der Waals surface area contributed by atoms with E-state index in [4.69, 9.17) is 0 Å². The average Bonchev–Trinajstić information content (AvgIpc) is 3.37. The third-order valence-corrected chi connectivity index (χ3v) is 6.28. The number of nitrogens with one attached hydrogen (secondary N) is 2. The van der Waals surface area contributed by atoms with Gasteiger partial charge in [-0.1, -0.05) is 18.2 Å². The number of carbonyl (C=O) groups excluding carboxylic acids is 3. The van der Waals surface area contributed by atoms with Gasteiger partial charge in [0.25, 0.3) is 5.91 Å². The van der Waals surface area contributed by atoms with Crippen molar-refractivity contribution in [3.05, 3.63) is 57.9 Å². The number of benzene rings is 1. The summed E-state index contributed by atoms with van der Waals surface area (Å²) in [7, 11) is 1.68. The number of rotatable bonds is 6. The van der Waals surface area contributed by atoms with Crippen LogP contribution >= 0.6 is 11.3 Å². The van der Waals surface area contributed by atoms with E-state index in [-0.39, 0.29) is 18.4 Å². The van der Waals surface area contributed by atoms with Crippen molar-refractivity contribution in [3.8, 4) is 0 Å². The standard InChI is InChI=1S/C21H22N4O3S/c1-13-7-8-29-18(13)11-24(2)19(26)12-25-20(27)17(23-21(25)28)9-14-10-22-16-6-4-3-5-15(14)16/h3-8,10,17,22H,9,11-12H2,1-2H3,(H,23,28). The van der Waals surface area contributed by atoms with Crippen molar-refractivity contribution in [2.45, 2.75) is 25.9 Å². The summed E-state index contributed by atoms with van der Waals surface area (Å²) >= 11 is 1.59. The lowest BCUT2D eigenvalue weighted by atomic mass is 10.1. The van der Waals surface area contributed by atoms with Gasteiger partial charge in [-0.3, -0.25) is 14.5 Å². The topological polar surface area (TPSA) is 85.5 Å². The molecular formula is C21H22N4O3S. The van der Waals surface area contributed by atoms with E-state index in [2.05, 4.69) is 10.3 Å². The average molecular weight is 410 g/mol. The Morgan fingerprint density at radius 2 is 2.03 bits per heavy atom. The summed E-state index contributed by atoms with van der Waals surface area (Å²) in [4.78, 5) is 44.5. The molecule has 1 atom stereocenters. The Bertz CT molecular complexity index is 1090. The quantitative estimate of drug-likeness (QED) is 0.613. The van der Waals surface area contributed by atoms with Crippen LogP contribution < -0.4 is 5.32 Å². The molecule has 1 aliphatic heterocycles. The van der Waals surface area contributed by atoms with Gasteiger partial charge in [-0.25, -0.2) is 4.79 Å². The van der Waals surface area contributed by atoms with Crippen LogP contribution in [0.4, 0.5) is 4.79 Å². The molecule has 1 aliphatic rings. The molecule has 1 saturated heterocycles. The van der Waals surface area contributed by atoms with Crippen LogP contribution in [0.3, 0.4) is 0 Å². The summed E-state index contributed by atoms with van der Waals surface area (Å²) in [5.41, 5.74) is 3.07. The predicted octanol–water partition coefficient (Wildman–Crippen LogP) is 2.66. The second kappa shape index (κ2) is 7.71. The molecule has 0 saturated carbocycles. The second-order valence-corrected chi connectivity index (χ2v) is 8.27. The van der Waals surface area contributed by atoms with Gasteiger partial charge in [0.1, 0.15) is 12.6 Å². The summed E-state index contributed by atoms with van der Waals surface area (Å²) in [6, 6.07) is 8.63. The zero-order valence-corrected chi connectivity index (χ0v) is 17.1. The van der Waals surface area contributed by atoms with E-state index in [0.717, 1.165) is 31.8 Å². The molecule has 4 rings (SSSR count). The maximum absolute atomic E-state index is 12.8. The van der Waals surface area contributed by atoms with E-state index >= 15 is 0 Å². The Kier molecular flexibility index (Phi) is 5.10. The Morgan fingerprint density at radius 3 is 2.79 bits per heavy atom. The van der Waals surface area contributed by atoms with E-state index in [1.165, 1.54) is 0 Å². The first kappa shape index (κ1) is 19.2. The lowest BCUT2D eigenvalue weighted by Crippen LogP contribution is -2.41. The van der Waals surface area contributed by atoms with E-state index in [9.17, 15) is 14.4 Å². The molecule has 150 valence electrons. The number of H-pyrrole nitrogens is 1. The highest BCUT2D eigenvalue weighted by Gasteiger charge is 2.39. The van der Waals surface area contributed by atoms with Crippen molar-refractivity contribution in [2.75, 3.05) is 13.6 Å². The fourth-order valence-electron chi connectivity index (χ4n) is 3.51. The number of aromatic amines is 1. The monoisotopic (exact) mass is 410 g/mol. The van der Waals surface area contributed by atoms with Gasteiger partial charge in [-0.05, 0) is 35.6 Å². The van der Waals surface area contributed by atoms with Gasteiger partial charge in [0.05, 0.1) is 6.54 Å². The highest BCUT2D eigenvalue weighted by Crippen LogP contribution is 2.21. The number of carbonyl (C=O) groups is 3. The molecule has 2 N–H and O–H groups in total. The van der Waals surface area contributed by atoms with Crippen molar-refractivity contribution in [3.63, 3.8) is 0 Å². The molecule has 3 heterocycles. The summed E-state index contributed by atoms with van der Waals surface area (Å²) in [5, 5.41) is 5.72. The number of imide groups is 1. The molecule has 1 aromatic carbocycles. The summed E-state index contributed by atoms with van der Waals surface area (Å²) in [6.07, 6.45) is 2.23. The Hall–Kier alpha value is -3.13. The van der Waals surface area contributed by atoms with E-state index in [1.807, 2.05) is 48.8 Å². The van der Waals surface area contributed by atoms with Gasteiger partial charge in [-0.2, -0.15) is 0 Å². The number of hydrogen-bond donors (Lipinski definition) is 2. The van der Waals surface area contributed by atoms with Gasteiger partial charge < -0.3 is 15.2 Å². The second-order valence-electron chi connectivity index (χ2n) is 7.27. The van der Waals surface area contributed by atoms with Crippen LogP contribution in [-0.4, -0.2) is 52.3 Å². The number of nitrogens with zero attached hydrogens (tertiary/aromatic N) is 2. The number of aryl methyl sites for hydroxylation is 1. The SMILES string of the molecule is Cc1ccsc1CN(C)C(=O)CN1C(=O)NC(Cc2c[nH]c3ccccc23)C1=O. The van der Waals surface area contributed by atoms with Crippen LogP contribution in [0.2, 0.25) is 0 Å². The molecule has 29 heavy (non-hydrogen) atoms. The van der Waals surface area contributed by atoms with Crippen molar-refractivity contribution in [1.82, 2.24) is 20.1 Å². The highest BCUT2D eigenvalue weighted by atomic mass is 32.1. The van der Waals surface area contributed by atoms with E-state index in [1.54, 1.807) is 23.3 Å². The van der Waals surface area contributed by atoms with Gasteiger partial charge >= 0.3 is 6.03 Å². The molecule has 0 radical (unpaired) electrons. The van der Waals surface area contributed by atoms with Crippen LogP contribution in [-0.2, 0) is 22.6 Å². The zero-order chi connectivity index (χ0) is 20.5. The smallest absolute Gasteiger partial charge is 0.325 e. The predicted molar refractivity (Wildman–Crippen MR) is 112 cm³/mol. The van der Waals surface area contributed by atoms with Crippen molar-refractivity contribution in [1.29, 1.82) is 0 Å². The number of hydrogen-bond acceptors (Lipinski definition) is 4. The number of para-hydroxylation sites is 1. The molecule has 8 heteroatoms. The maximum Gasteiger partial charge on any atom is 0.325 e. The Balaban J connectivity index is 1.41. The Labute approximate surface area is 172 Å². The first-order valence-corrected chi connectivity index (χ1v) is 10.3. The van der Waals surface area contributed by atoms with Gasteiger partial charge in [0.2, 0.25) is 5.91 Å². The molecular weight excluding hydrogens is 388 g/mol. The molecule has 0 bridgehead atoms. The minimum Gasteiger partial charge on any atom is -0.361 e. The fourth-order valence-corrected chi connectivity index (χ4v) is 4.47. The lowest BCUT2D eigenvalue weighted by Gasteiger charge is -2.20. The largest absolute Gasteiger partial charge is 0.361 e. The van der Waals surface area contributed by atoms with E-state index in [0.29, 0.717) is 13.0 Å². The van der Waals surface area contributed by atoms with Crippen LogP contribution in [0, 0.1) is 6.92 Å². The number of likely N-dealkylation sites (N-methyl/N-ethyl adjacent to an activating group) is 1. The van der Waals surface area contributed by atoms with Crippen molar-refractivity contribution in [2.24, 2.45) is 0 Å². The van der Waals surface area contributed by atoms with Crippen molar-refractivity contribution < 1.29 is 14.4 Å². The fraction of sp³-hybridized carbons (Fsp3) is 0.286. The minimum atomic E-state index is -0.667. The zero-order valence-electron chi connectivity index (χ0n) is 16.3.